The largest absolute Gasteiger partial charge is 0.357 e. The van der Waals surface area contributed by atoms with E-state index in [0.29, 0.717) is 6.04 Å². The molecule has 1 saturated carbocycles. The van der Waals surface area contributed by atoms with E-state index in [-0.39, 0.29) is 24.0 Å². The Morgan fingerprint density at radius 2 is 2.16 bits per heavy atom. The lowest BCUT2D eigenvalue weighted by Crippen LogP contribution is -2.43. The minimum absolute atomic E-state index is 0. The summed E-state index contributed by atoms with van der Waals surface area (Å²) in [6.07, 6.45) is 5.20. The quantitative estimate of drug-likeness (QED) is 0.359. The molecule has 142 valence electrons. The van der Waals surface area contributed by atoms with Crippen LogP contribution in [0.2, 0.25) is 0 Å². The topological polar surface area (TPSA) is 39.7 Å². The fourth-order valence-electron chi connectivity index (χ4n) is 3.50. The average Bonchev–Trinajstić information content (AvgIpc) is 3.15. The number of hydrogen-bond acceptors (Lipinski definition) is 3. The second kappa shape index (κ2) is 10.1. The molecule has 1 saturated heterocycles. The lowest BCUT2D eigenvalue weighted by Gasteiger charge is -2.18. The highest BCUT2D eigenvalue weighted by molar-refractivity contribution is 14.0. The molecule has 2 atom stereocenters. The standard InChI is InChI=1S/C19H32N4S.HI/c1-4-20-19(22-14(2)11-18-8-5-15(3)24-18)21-12-16-9-10-23(13-16)17-6-7-17;/h5,8,14,16-17H,4,6-7,9-13H2,1-3H3,(H2,20,21,22);1H. The van der Waals surface area contributed by atoms with Crippen LogP contribution in [-0.2, 0) is 6.42 Å². The molecule has 0 radical (unpaired) electrons. The number of nitrogens with zero attached hydrogens (tertiary/aromatic N) is 2. The van der Waals surface area contributed by atoms with Gasteiger partial charge in [0.15, 0.2) is 5.96 Å². The number of likely N-dealkylation sites (tertiary alicyclic amines) is 1. The van der Waals surface area contributed by atoms with Gasteiger partial charge in [-0.25, -0.2) is 0 Å². The molecule has 2 N–H and O–H groups in total. The zero-order chi connectivity index (χ0) is 16.9. The number of thiophene rings is 1. The lowest BCUT2D eigenvalue weighted by molar-refractivity contribution is 0.315. The number of hydrogen-bond donors (Lipinski definition) is 2. The van der Waals surface area contributed by atoms with Crippen molar-refractivity contribution in [2.45, 2.75) is 58.5 Å². The molecule has 2 aliphatic rings. The van der Waals surface area contributed by atoms with Crippen LogP contribution >= 0.6 is 35.3 Å². The molecule has 1 aliphatic heterocycles. The lowest BCUT2D eigenvalue weighted by atomic mass is 10.1. The molecule has 0 bridgehead atoms. The van der Waals surface area contributed by atoms with E-state index in [0.717, 1.165) is 37.4 Å². The zero-order valence-corrected chi connectivity index (χ0v) is 18.9. The van der Waals surface area contributed by atoms with E-state index in [1.807, 2.05) is 11.3 Å². The minimum atomic E-state index is 0. The zero-order valence-electron chi connectivity index (χ0n) is 15.8. The number of aliphatic imine (C=N–C) groups is 1. The number of aryl methyl sites for hydroxylation is 1. The van der Waals surface area contributed by atoms with Crippen molar-refractivity contribution in [1.82, 2.24) is 15.5 Å². The maximum atomic E-state index is 4.87. The summed E-state index contributed by atoms with van der Waals surface area (Å²) in [6.45, 7) is 10.9. The van der Waals surface area contributed by atoms with E-state index in [1.54, 1.807) is 0 Å². The predicted molar refractivity (Wildman–Crippen MR) is 119 cm³/mol. The van der Waals surface area contributed by atoms with E-state index < -0.39 is 0 Å². The Labute approximate surface area is 173 Å². The van der Waals surface area contributed by atoms with Crippen LogP contribution < -0.4 is 10.6 Å². The summed E-state index contributed by atoms with van der Waals surface area (Å²) in [4.78, 5) is 10.4. The first-order valence-electron chi connectivity index (χ1n) is 9.48. The van der Waals surface area contributed by atoms with Crippen molar-refractivity contribution in [3.05, 3.63) is 21.9 Å². The Balaban J connectivity index is 0.00000225. The molecule has 0 aromatic carbocycles. The SMILES string of the molecule is CCNC(=NCC1CCN(C2CC2)C1)NC(C)Cc1ccc(C)s1.I. The first-order chi connectivity index (χ1) is 11.6. The summed E-state index contributed by atoms with van der Waals surface area (Å²) in [5.41, 5.74) is 0. The monoisotopic (exact) mass is 476 g/mol. The van der Waals surface area contributed by atoms with Gasteiger partial charge in [-0.15, -0.1) is 35.3 Å². The molecule has 2 heterocycles. The second-order valence-electron chi connectivity index (χ2n) is 7.36. The van der Waals surface area contributed by atoms with Crippen LogP contribution in [0, 0.1) is 12.8 Å². The molecule has 1 aromatic heterocycles. The molecule has 2 fully saturated rings. The summed E-state index contributed by atoms with van der Waals surface area (Å²) in [6, 6.07) is 5.75. The molecule has 3 rings (SSSR count). The Hall–Kier alpha value is -0.340. The van der Waals surface area contributed by atoms with E-state index in [9.17, 15) is 0 Å². The van der Waals surface area contributed by atoms with Gasteiger partial charge in [-0.3, -0.25) is 4.99 Å². The number of rotatable bonds is 7. The van der Waals surface area contributed by atoms with Gasteiger partial charge in [-0.2, -0.15) is 0 Å². The first kappa shape index (κ1) is 21.0. The van der Waals surface area contributed by atoms with Gasteiger partial charge in [0.2, 0.25) is 0 Å². The Kier molecular flexibility index (Phi) is 8.48. The van der Waals surface area contributed by atoms with Gasteiger partial charge in [0.1, 0.15) is 0 Å². The third-order valence-corrected chi connectivity index (χ3v) is 5.94. The van der Waals surface area contributed by atoms with Gasteiger partial charge in [0, 0.05) is 47.9 Å². The number of nitrogens with one attached hydrogen (secondary N) is 2. The molecular formula is C19H33IN4S. The molecular weight excluding hydrogens is 443 g/mol. The number of guanidine groups is 1. The minimum Gasteiger partial charge on any atom is -0.357 e. The smallest absolute Gasteiger partial charge is 0.191 e. The van der Waals surface area contributed by atoms with Gasteiger partial charge in [-0.1, -0.05) is 0 Å². The van der Waals surface area contributed by atoms with E-state index >= 15 is 0 Å². The highest BCUT2D eigenvalue weighted by Crippen LogP contribution is 2.31. The second-order valence-corrected chi connectivity index (χ2v) is 8.73. The Morgan fingerprint density at radius 1 is 1.36 bits per heavy atom. The van der Waals surface area contributed by atoms with Gasteiger partial charge in [-0.05, 0) is 64.6 Å². The molecule has 6 heteroatoms. The van der Waals surface area contributed by atoms with E-state index in [2.05, 4.69) is 48.4 Å². The van der Waals surface area contributed by atoms with Crippen LogP contribution in [0.3, 0.4) is 0 Å². The highest BCUT2D eigenvalue weighted by Gasteiger charge is 2.34. The van der Waals surface area contributed by atoms with Crippen molar-refractivity contribution in [3.8, 4) is 0 Å². The van der Waals surface area contributed by atoms with Crippen molar-refractivity contribution in [2.75, 3.05) is 26.2 Å². The van der Waals surface area contributed by atoms with Crippen LogP contribution in [0.5, 0.6) is 0 Å². The van der Waals surface area contributed by atoms with Crippen molar-refractivity contribution >= 4 is 41.3 Å². The first-order valence-corrected chi connectivity index (χ1v) is 10.3. The average molecular weight is 476 g/mol. The van der Waals surface area contributed by atoms with Gasteiger partial charge >= 0.3 is 0 Å². The maximum absolute atomic E-state index is 4.87. The van der Waals surface area contributed by atoms with Crippen LogP contribution in [0.1, 0.15) is 42.9 Å². The van der Waals surface area contributed by atoms with Gasteiger partial charge in [0.25, 0.3) is 0 Å². The third kappa shape index (κ3) is 6.71. The maximum Gasteiger partial charge on any atom is 0.191 e. The van der Waals surface area contributed by atoms with Crippen LogP contribution in [0.15, 0.2) is 17.1 Å². The Morgan fingerprint density at radius 3 is 2.80 bits per heavy atom. The molecule has 0 spiro atoms. The molecule has 2 unspecified atom stereocenters. The fraction of sp³-hybridized carbons (Fsp3) is 0.737. The molecule has 4 nitrogen and oxygen atoms in total. The van der Waals surface area contributed by atoms with Crippen LogP contribution in [-0.4, -0.2) is 49.1 Å². The highest BCUT2D eigenvalue weighted by atomic mass is 127. The predicted octanol–water partition coefficient (Wildman–Crippen LogP) is 3.64. The van der Waals surface area contributed by atoms with E-state index in [4.69, 9.17) is 4.99 Å². The Bertz CT molecular complexity index is 555. The third-order valence-electron chi connectivity index (χ3n) is 4.92. The summed E-state index contributed by atoms with van der Waals surface area (Å²) in [5.74, 6) is 1.71. The summed E-state index contributed by atoms with van der Waals surface area (Å²) in [7, 11) is 0. The van der Waals surface area contributed by atoms with Crippen LogP contribution in [0.4, 0.5) is 0 Å². The van der Waals surface area contributed by atoms with Crippen molar-refractivity contribution in [1.29, 1.82) is 0 Å². The summed E-state index contributed by atoms with van der Waals surface area (Å²) < 4.78 is 0. The summed E-state index contributed by atoms with van der Waals surface area (Å²) in [5, 5.41) is 6.98. The summed E-state index contributed by atoms with van der Waals surface area (Å²) >= 11 is 1.89. The molecule has 0 amide bonds. The van der Waals surface area contributed by atoms with Gasteiger partial charge < -0.3 is 15.5 Å². The van der Waals surface area contributed by atoms with E-state index in [1.165, 1.54) is 42.1 Å². The van der Waals surface area contributed by atoms with Crippen molar-refractivity contribution in [2.24, 2.45) is 10.9 Å². The molecule has 1 aliphatic carbocycles. The molecule has 1 aromatic rings. The van der Waals surface area contributed by atoms with Crippen molar-refractivity contribution in [3.63, 3.8) is 0 Å². The van der Waals surface area contributed by atoms with Crippen molar-refractivity contribution < 1.29 is 0 Å². The molecule has 25 heavy (non-hydrogen) atoms. The normalized spacial score (nSPS) is 22.5. The van der Waals surface area contributed by atoms with Crippen LogP contribution in [0.25, 0.3) is 0 Å². The number of halogens is 1. The van der Waals surface area contributed by atoms with Gasteiger partial charge in [0.05, 0.1) is 0 Å². The fourth-order valence-corrected chi connectivity index (χ4v) is 4.52.